The molecule has 0 saturated heterocycles. The van der Waals surface area contributed by atoms with Gasteiger partial charge in [0.1, 0.15) is 11.9 Å². The van der Waals surface area contributed by atoms with Gasteiger partial charge in [0, 0.05) is 57.5 Å². The van der Waals surface area contributed by atoms with Gasteiger partial charge in [0.25, 0.3) is 0 Å². The summed E-state index contributed by atoms with van der Waals surface area (Å²) in [5.74, 6) is -0.0624. The Bertz CT molecular complexity index is 1490. The van der Waals surface area contributed by atoms with Crippen LogP contribution in [0.3, 0.4) is 0 Å². The molecular formula is C26H23Cl2FN4O3. The van der Waals surface area contributed by atoms with Crippen LogP contribution >= 0.6 is 23.2 Å². The molecule has 0 saturated carbocycles. The molecule has 0 radical (unpaired) electrons. The zero-order chi connectivity index (χ0) is 25.6. The zero-order valence-corrected chi connectivity index (χ0v) is 21.1. The second kappa shape index (κ2) is 9.52. The van der Waals surface area contributed by atoms with E-state index in [0.29, 0.717) is 29.4 Å². The molecule has 10 heteroatoms. The summed E-state index contributed by atoms with van der Waals surface area (Å²) >= 11 is 12.4. The number of benzene rings is 2. The first-order valence-electron chi connectivity index (χ1n) is 11.3. The lowest BCUT2D eigenvalue weighted by Gasteiger charge is -2.25. The second-order valence-electron chi connectivity index (χ2n) is 8.61. The lowest BCUT2D eigenvalue weighted by Crippen LogP contribution is -2.35. The molecule has 0 fully saturated rings. The minimum Gasteiger partial charge on any atom is -0.482 e. The molecule has 0 unspecified atom stereocenters. The molecule has 1 amide bonds. The van der Waals surface area contributed by atoms with Crippen molar-refractivity contribution >= 4 is 46.0 Å². The SMILES string of the molecule is COC(=O)N1CCc2[nH]c3cc(-c4cnc(N)c(O[C@H](C)c5c(Cl)ccc(F)c5Cl)c4)ccc3c2C1. The number of anilines is 1. The molecular weight excluding hydrogens is 506 g/mol. The second-order valence-corrected chi connectivity index (χ2v) is 9.39. The van der Waals surface area contributed by atoms with E-state index in [0.717, 1.165) is 39.7 Å². The number of aromatic amines is 1. The molecule has 5 rings (SSSR count). The van der Waals surface area contributed by atoms with E-state index in [-0.39, 0.29) is 16.9 Å². The summed E-state index contributed by atoms with van der Waals surface area (Å²) in [5, 5.41) is 1.25. The lowest BCUT2D eigenvalue weighted by molar-refractivity contribution is 0.118. The normalized spacial score (nSPS) is 14.0. The monoisotopic (exact) mass is 528 g/mol. The lowest BCUT2D eigenvalue weighted by atomic mass is 10.0. The number of nitrogens with one attached hydrogen (secondary N) is 1. The summed E-state index contributed by atoms with van der Waals surface area (Å²) in [7, 11) is 1.39. The van der Waals surface area contributed by atoms with Crippen molar-refractivity contribution in [1.29, 1.82) is 0 Å². The number of halogens is 3. The van der Waals surface area contributed by atoms with Crippen LogP contribution in [-0.4, -0.2) is 34.6 Å². The molecule has 3 N–H and O–H groups in total. The van der Waals surface area contributed by atoms with Crippen LogP contribution in [0.4, 0.5) is 15.0 Å². The van der Waals surface area contributed by atoms with E-state index >= 15 is 0 Å². The van der Waals surface area contributed by atoms with Gasteiger partial charge in [0.2, 0.25) is 0 Å². The van der Waals surface area contributed by atoms with Crippen molar-refractivity contribution in [3.8, 4) is 16.9 Å². The van der Waals surface area contributed by atoms with Crippen LogP contribution < -0.4 is 10.5 Å². The number of aromatic nitrogens is 2. The number of pyridine rings is 1. The maximum Gasteiger partial charge on any atom is 0.409 e. The van der Waals surface area contributed by atoms with E-state index in [1.807, 2.05) is 18.2 Å². The van der Waals surface area contributed by atoms with Crippen LogP contribution in [-0.2, 0) is 17.7 Å². The van der Waals surface area contributed by atoms with Crippen molar-refractivity contribution in [3.05, 3.63) is 75.3 Å². The van der Waals surface area contributed by atoms with Gasteiger partial charge in [-0.05, 0) is 36.8 Å². The number of nitrogens with two attached hydrogens (primary N) is 1. The Morgan fingerprint density at radius 1 is 1.22 bits per heavy atom. The van der Waals surface area contributed by atoms with Crippen molar-refractivity contribution in [2.24, 2.45) is 0 Å². The van der Waals surface area contributed by atoms with Crippen molar-refractivity contribution in [1.82, 2.24) is 14.9 Å². The Labute approximate surface area is 216 Å². The van der Waals surface area contributed by atoms with Gasteiger partial charge >= 0.3 is 6.09 Å². The van der Waals surface area contributed by atoms with Crippen molar-refractivity contribution in [2.45, 2.75) is 26.0 Å². The van der Waals surface area contributed by atoms with Crippen molar-refractivity contribution in [2.75, 3.05) is 19.4 Å². The zero-order valence-electron chi connectivity index (χ0n) is 19.6. The van der Waals surface area contributed by atoms with Gasteiger partial charge in [0.15, 0.2) is 11.6 Å². The first kappa shape index (κ1) is 24.2. The van der Waals surface area contributed by atoms with Crippen molar-refractivity contribution < 1.29 is 18.7 Å². The number of H-pyrrole nitrogens is 1. The molecule has 2 aromatic carbocycles. The number of amides is 1. The fraction of sp³-hybridized carbons (Fsp3) is 0.231. The van der Waals surface area contributed by atoms with Crippen LogP contribution in [0.15, 0.2) is 42.6 Å². The molecule has 0 spiro atoms. The van der Waals surface area contributed by atoms with Gasteiger partial charge in [-0.2, -0.15) is 0 Å². The number of fused-ring (bicyclic) bond motifs is 3. The highest BCUT2D eigenvalue weighted by atomic mass is 35.5. The molecule has 0 bridgehead atoms. The van der Waals surface area contributed by atoms with Gasteiger partial charge < -0.3 is 25.1 Å². The minimum atomic E-state index is -0.671. The summed E-state index contributed by atoms with van der Waals surface area (Å²) in [6.45, 7) is 2.80. The standard InChI is InChI=1S/C26H23Cl2FN4O3/c1-13(23-18(27)5-6-19(29)24(23)28)36-22-10-15(11-31-25(22)30)14-3-4-16-17-12-33(26(34)35-2)8-7-20(17)32-21(16)9-14/h3-6,9-11,13,32H,7-8,12H2,1-2H3,(H2,30,31)/t13-/m1/s1. The van der Waals surface area contributed by atoms with Crippen LogP contribution in [0.2, 0.25) is 10.0 Å². The van der Waals surface area contributed by atoms with Gasteiger partial charge in [-0.3, -0.25) is 0 Å². The molecule has 3 heterocycles. The highest BCUT2D eigenvalue weighted by Gasteiger charge is 2.25. The average Bonchev–Trinajstić information content (AvgIpc) is 3.24. The summed E-state index contributed by atoms with van der Waals surface area (Å²) in [6.07, 6.45) is 1.38. The molecule has 0 aliphatic carbocycles. The predicted molar refractivity (Wildman–Crippen MR) is 138 cm³/mol. The number of carbonyl (C=O) groups excluding carboxylic acids is 1. The quantitative estimate of drug-likeness (QED) is 0.294. The van der Waals surface area contributed by atoms with E-state index in [9.17, 15) is 9.18 Å². The maximum atomic E-state index is 14.0. The smallest absolute Gasteiger partial charge is 0.409 e. The Morgan fingerprint density at radius 3 is 2.81 bits per heavy atom. The van der Waals surface area contributed by atoms with Gasteiger partial charge in [-0.15, -0.1) is 0 Å². The molecule has 36 heavy (non-hydrogen) atoms. The number of hydrogen-bond donors (Lipinski definition) is 2. The minimum absolute atomic E-state index is 0.0930. The summed E-state index contributed by atoms with van der Waals surface area (Å²) in [5.41, 5.74) is 11.3. The van der Waals surface area contributed by atoms with E-state index in [1.165, 1.54) is 19.2 Å². The van der Waals surface area contributed by atoms with Gasteiger partial charge in [-0.25, -0.2) is 14.2 Å². The summed E-state index contributed by atoms with van der Waals surface area (Å²) in [6, 6.07) is 10.4. The molecule has 7 nitrogen and oxygen atoms in total. The third-order valence-corrected chi connectivity index (χ3v) is 7.13. The Kier molecular flexibility index (Phi) is 6.40. The number of nitrogens with zero attached hydrogens (tertiary/aromatic N) is 2. The summed E-state index contributed by atoms with van der Waals surface area (Å²) < 4.78 is 24.9. The van der Waals surface area contributed by atoms with Crippen LogP contribution in [0, 0.1) is 5.82 Å². The van der Waals surface area contributed by atoms with Crippen LogP contribution in [0.5, 0.6) is 5.75 Å². The average molecular weight is 529 g/mol. The van der Waals surface area contributed by atoms with E-state index in [4.69, 9.17) is 38.4 Å². The maximum absolute atomic E-state index is 14.0. The number of ether oxygens (including phenoxy) is 2. The molecule has 1 aliphatic heterocycles. The topological polar surface area (TPSA) is 93.5 Å². The molecule has 1 aliphatic rings. The highest BCUT2D eigenvalue weighted by Crippen LogP contribution is 2.38. The molecule has 186 valence electrons. The predicted octanol–water partition coefficient (Wildman–Crippen LogP) is 6.52. The third kappa shape index (κ3) is 4.31. The Balaban J connectivity index is 1.45. The first-order chi connectivity index (χ1) is 17.3. The van der Waals surface area contributed by atoms with Gasteiger partial charge in [-0.1, -0.05) is 35.3 Å². The highest BCUT2D eigenvalue weighted by molar-refractivity contribution is 6.36. The number of nitrogen functional groups attached to an aromatic ring is 1. The number of methoxy groups -OCH3 is 1. The summed E-state index contributed by atoms with van der Waals surface area (Å²) in [4.78, 5) is 21.4. The Morgan fingerprint density at radius 2 is 2.03 bits per heavy atom. The van der Waals surface area contributed by atoms with Gasteiger partial charge in [0.05, 0.1) is 18.7 Å². The van der Waals surface area contributed by atoms with Crippen molar-refractivity contribution in [3.63, 3.8) is 0 Å². The number of hydrogen-bond acceptors (Lipinski definition) is 5. The number of carbonyl (C=O) groups is 1. The largest absolute Gasteiger partial charge is 0.482 e. The number of rotatable bonds is 4. The van der Waals surface area contributed by atoms with Crippen LogP contribution in [0.25, 0.3) is 22.0 Å². The fourth-order valence-corrected chi connectivity index (χ4v) is 5.24. The molecule has 1 atom stereocenters. The van der Waals surface area contributed by atoms with Crippen LogP contribution in [0.1, 0.15) is 29.8 Å². The molecule has 4 aromatic rings. The third-order valence-electron chi connectivity index (χ3n) is 6.41. The Hall–Kier alpha value is -3.49. The van der Waals surface area contributed by atoms with E-state index in [2.05, 4.69) is 9.97 Å². The molecule has 2 aromatic heterocycles. The van der Waals surface area contributed by atoms with E-state index in [1.54, 1.807) is 24.1 Å². The fourth-order valence-electron chi connectivity index (χ4n) is 4.56. The van der Waals surface area contributed by atoms with E-state index < -0.39 is 11.9 Å². The first-order valence-corrected chi connectivity index (χ1v) is 12.0.